The number of para-hydroxylation sites is 1. The molecule has 0 spiro atoms. The Bertz CT molecular complexity index is 875. The summed E-state index contributed by atoms with van der Waals surface area (Å²) in [6, 6.07) is 12.1. The van der Waals surface area contributed by atoms with Gasteiger partial charge in [-0.25, -0.2) is 4.99 Å². The number of hydrogen-bond acceptors (Lipinski definition) is 4. The van der Waals surface area contributed by atoms with E-state index >= 15 is 0 Å². The summed E-state index contributed by atoms with van der Waals surface area (Å²) in [6.07, 6.45) is 0. The monoisotopic (exact) mass is 370 g/mol. The van der Waals surface area contributed by atoms with Gasteiger partial charge in [-0.3, -0.25) is 4.79 Å². The second-order valence-electron chi connectivity index (χ2n) is 5.40. The first-order valence-electron chi connectivity index (χ1n) is 7.96. The smallest absolute Gasteiger partial charge is 0.253 e. The largest absolute Gasteiger partial charge is 0.493 e. The van der Waals surface area contributed by atoms with Gasteiger partial charge in [0, 0.05) is 6.54 Å². The zero-order valence-electron chi connectivity index (χ0n) is 15.1. The second kappa shape index (κ2) is 9.09. The Kier molecular flexibility index (Phi) is 6.59. The van der Waals surface area contributed by atoms with Crippen LogP contribution in [-0.2, 0) is 6.54 Å². The summed E-state index contributed by atoms with van der Waals surface area (Å²) >= 11 is 0. The molecule has 2 aromatic carbocycles. The van der Waals surface area contributed by atoms with Gasteiger partial charge in [0.1, 0.15) is 0 Å². The lowest BCUT2D eigenvalue weighted by atomic mass is 10.1. The number of carbonyl (C=O) groups is 1. The van der Waals surface area contributed by atoms with Crippen molar-refractivity contribution in [2.24, 2.45) is 27.2 Å². The van der Waals surface area contributed by atoms with Gasteiger partial charge in [-0.2, -0.15) is 4.99 Å². The zero-order valence-corrected chi connectivity index (χ0v) is 15.1. The summed E-state index contributed by atoms with van der Waals surface area (Å²) in [4.78, 5) is 20.3. The molecule has 0 radical (unpaired) electrons. The first kappa shape index (κ1) is 19.6. The number of aliphatic imine (C=N–C) groups is 2. The van der Waals surface area contributed by atoms with E-state index in [1.807, 2.05) is 6.07 Å². The van der Waals surface area contributed by atoms with E-state index in [1.54, 1.807) is 50.6 Å². The molecule has 1 amide bonds. The van der Waals surface area contributed by atoms with Gasteiger partial charge < -0.3 is 32.0 Å². The van der Waals surface area contributed by atoms with Gasteiger partial charge in [0.05, 0.1) is 25.5 Å². The number of nitrogens with zero attached hydrogens (tertiary/aromatic N) is 2. The first-order valence-corrected chi connectivity index (χ1v) is 7.96. The third kappa shape index (κ3) is 5.36. The van der Waals surface area contributed by atoms with Crippen molar-refractivity contribution in [3.8, 4) is 11.5 Å². The molecule has 27 heavy (non-hydrogen) atoms. The Morgan fingerprint density at radius 1 is 1.04 bits per heavy atom. The second-order valence-corrected chi connectivity index (χ2v) is 5.40. The predicted octanol–water partition coefficient (Wildman–Crippen LogP) is 0.853. The van der Waals surface area contributed by atoms with Crippen LogP contribution in [0.5, 0.6) is 11.5 Å². The minimum atomic E-state index is -0.318. The Hall–Kier alpha value is -3.75. The van der Waals surface area contributed by atoms with E-state index in [0.717, 1.165) is 5.56 Å². The van der Waals surface area contributed by atoms with Crippen LogP contribution in [0.3, 0.4) is 0 Å². The number of amides is 1. The topological polar surface area (TPSA) is 150 Å². The number of guanidine groups is 2. The summed E-state index contributed by atoms with van der Waals surface area (Å²) in [5, 5.41) is 2.83. The molecule has 0 atom stereocenters. The molecule has 0 aromatic heterocycles. The van der Waals surface area contributed by atoms with E-state index in [4.69, 9.17) is 26.7 Å². The van der Waals surface area contributed by atoms with Crippen molar-refractivity contribution in [2.45, 2.75) is 6.54 Å². The van der Waals surface area contributed by atoms with Gasteiger partial charge >= 0.3 is 0 Å². The van der Waals surface area contributed by atoms with E-state index in [-0.39, 0.29) is 17.8 Å². The van der Waals surface area contributed by atoms with Gasteiger partial charge in [-0.1, -0.05) is 18.2 Å². The summed E-state index contributed by atoms with van der Waals surface area (Å²) in [5.74, 6) is 0.519. The molecule has 0 aliphatic rings. The van der Waals surface area contributed by atoms with Gasteiger partial charge in [-0.15, -0.1) is 0 Å². The molecule has 0 saturated carbocycles. The van der Waals surface area contributed by atoms with Gasteiger partial charge in [0.25, 0.3) is 5.91 Å². The van der Waals surface area contributed by atoms with E-state index in [9.17, 15) is 4.79 Å². The van der Waals surface area contributed by atoms with Gasteiger partial charge in [0.15, 0.2) is 17.5 Å². The number of hydrogen-bond donors (Lipinski definition) is 4. The average Bonchev–Trinajstić information content (AvgIpc) is 2.65. The molecule has 2 aromatic rings. The molecule has 2 rings (SSSR count). The van der Waals surface area contributed by atoms with Crippen molar-refractivity contribution in [2.75, 3.05) is 14.2 Å². The number of ether oxygens (including phenoxy) is 2. The SMILES string of the molecule is COc1ccc(CNC(=O)c2ccccc2N=C(N)N=C(N)N)cc1OC. The quantitative estimate of drug-likeness (QED) is 0.437. The zero-order chi connectivity index (χ0) is 19.8. The third-order valence-electron chi connectivity index (χ3n) is 3.53. The number of carbonyl (C=O) groups excluding carboxylic acids is 1. The van der Waals surface area contributed by atoms with Crippen molar-refractivity contribution in [3.05, 3.63) is 53.6 Å². The Labute approximate surface area is 156 Å². The Morgan fingerprint density at radius 2 is 1.74 bits per heavy atom. The fourth-order valence-corrected chi connectivity index (χ4v) is 2.31. The van der Waals surface area contributed by atoms with E-state index in [2.05, 4.69) is 15.3 Å². The Balaban J connectivity index is 2.16. The van der Waals surface area contributed by atoms with Crippen LogP contribution in [-0.4, -0.2) is 32.0 Å². The first-order chi connectivity index (χ1) is 12.9. The van der Waals surface area contributed by atoms with Crippen molar-refractivity contribution in [1.29, 1.82) is 0 Å². The minimum absolute atomic E-state index is 0.143. The number of methoxy groups -OCH3 is 2. The minimum Gasteiger partial charge on any atom is -0.493 e. The summed E-state index contributed by atoms with van der Waals surface area (Å²) < 4.78 is 10.5. The maximum absolute atomic E-state index is 12.6. The highest BCUT2D eigenvalue weighted by molar-refractivity contribution is 6.01. The van der Waals surface area contributed by atoms with Crippen LogP contribution in [0.15, 0.2) is 52.4 Å². The van der Waals surface area contributed by atoms with Crippen LogP contribution in [0, 0.1) is 0 Å². The molecule has 7 N–H and O–H groups in total. The van der Waals surface area contributed by atoms with Crippen molar-refractivity contribution in [1.82, 2.24) is 5.32 Å². The number of benzene rings is 2. The average molecular weight is 370 g/mol. The molecule has 0 unspecified atom stereocenters. The molecule has 0 heterocycles. The number of rotatable bonds is 6. The molecule has 0 fully saturated rings. The molecule has 0 aliphatic heterocycles. The molecular weight excluding hydrogens is 348 g/mol. The molecule has 142 valence electrons. The summed E-state index contributed by atoms with van der Waals surface area (Å²) in [6.45, 7) is 0.292. The van der Waals surface area contributed by atoms with Gasteiger partial charge in [-0.05, 0) is 29.8 Å². The van der Waals surface area contributed by atoms with Crippen LogP contribution in [0.1, 0.15) is 15.9 Å². The maximum atomic E-state index is 12.6. The summed E-state index contributed by atoms with van der Waals surface area (Å²) in [7, 11) is 3.11. The molecular formula is C18H22N6O3. The lowest BCUT2D eigenvalue weighted by molar-refractivity contribution is 0.0951. The van der Waals surface area contributed by atoms with Crippen molar-refractivity contribution in [3.63, 3.8) is 0 Å². The van der Waals surface area contributed by atoms with Crippen LogP contribution in [0.4, 0.5) is 5.69 Å². The van der Waals surface area contributed by atoms with Crippen LogP contribution >= 0.6 is 0 Å². The van der Waals surface area contributed by atoms with Crippen molar-refractivity contribution < 1.29 is 14.3 Å². The van der Waals surface area contributed by atoms with E-state index in [0.29, 0.717) is 29.3 Å². The van der Waals surface area contributed by atoms with E-state index in [1.165, 1.54) is 0 Å². The van der Waals surface area contributed by atoms with Crippen LogP contribution < -0.4 is 32.0 Å². The third-order valence-corrected chi connectivity index (χ3v) is 3.53. The van der Waals surface area contributed by atoms with Crippen LogP contribution in [0.2, 0.25) is 0 Å². The highest BCUT2D eigenvalue weighted by atomic mass is 16.5. The molecule has 0 saturated heterocycles. The number of nitrogens with two attached hydrogens (primary N) is 3. The highest BCUT2D eigenvalue weighted by Crippen LogP contribution is 2.27. The molecule has 0 aliphatic carbocycles. The number of nitrogens with one attached hydrogen (secondary N) is 1. The fraction of sp³-hybridized carbons (Fsp3) is 0.167. The highest BCUT2D eigenvalue weighted by Gasteiger charge is 2.12. The van der Waals surface area contributed by atoms with E-state index < -0.39 is 0 Å². The molecule has 9 nitrogen and oxygen atoms in total. The Morgan fingerprint density at radius 3 is 2.41 bits per heavy atom. The van der Waals surface area contributed by atoms with Gasteiger partial charge in [0.2, 0.25) is 5.96 Å². The maximum Gasteiger partial charge on any atom is 0.253 e. The lowest BCUT2D eigenvalue weighted by Gasteiger charge is -2.11. The fourth-order valence-electron chi connectivity index (χ4n) is 2.31. The molecule has 9 heteroatoms. The predicted molar refractivity (Wildman–Crippen MR) is 104 cm³/mol. The normalized spacial score (nSPS) is 10.8. The standard InChI is InChI=1S/C18H22N6O3/c1-26-14-8-7-11(9-15(14)27-2)10-22-16(25)12-5-3-4-6-13(12)23-18(21)24-17(19)20/h3-9H,10H2,1-2H3,(H,22,25)(H6,19,20,21,23,24). The van der Waals surface area contributed by atoms with Crippen molar-refractivity contribution >= 4 is 23.5 Å². The lowest BCUT2D eigenvalue weighted by Crippen LogP contribution is -2.26. The van der Waals surface area contributed by atoms with Crippen LogP contribution in [0.25, 0.3) is 0 Å². The summed E-state index contributed by atoms with van der Waals surface area (Å²) in [5.41, 5.74) is 17.7. The molecule has 0 bridgehead atoms.